The summed E-state index contributed by atoms with van der Waals surface area (Å²) in [5.41, 5.74) is 0. The summed E-state index contributed by atoms with van der Waals surface area (Å²) in [6, 6.07) is 0. The third kappa shape index (κ3) is 3.52. The van der Waals surface area contributed by atoms with Gasteiger partial charge in [0.2, 0.25) is 5.88 Å². The number of fused-ring (bicyclic) bond motifs is 1. The molecule has 2 aliphatic rings. The molecule has 90 valence electrons. The summed E-state index contributed by atoms with van der Waals surface area (Å²) >= 11 is 0. The molecule has 5 heteroatoms. The summed E-state index contributed by atoms with van der Waals surface area (Å²) in [5, 5.41) is 1.73. The van der Waals surface area contributed by atoms with Gasteiger partial charge in [0.25, 0.3) is 0 Å². The van der Waals surface area contributed by atoms with E-state index in [-0.39, 0.29) is 0 Å². The van der Waals surface area contributed by atoms with Crippen molar-refractivity contribution in [2.24, 2.45) is 0 Å². The smallest absolute Gasteiger partial charge is 0.214 e. The van der Waals surface area contributed by atoms with Crippen LogP contribution in [0.5, 0.6) is 0 Å². The highest BCUT2D eigenvalue weighted by atomic mass is 16.7. The lowest BCUT2D eigenvalue weighted by molar-refractivity contribution is -0.176. The predicted octanol–water partition coefficient (Wildman–Crippen LogP) is 0.695. The van der Waals surface area contributed by atoms with E-state index in [2.05, 4.69) is 0 Å². The number of hydrogen-bond donors (Lipinski definition) is 0. The van der Waals surface area contributed by atoms with Crippen LogP contribution in [0.25, 0.3) is 0 Å². The SMILES string of the molecule is C1=CCN2OCCOCCOCCOC2=C1. The minimum absolute atomic E-state index is 0.522. The maximum Gasteiger partial charge on any atom is 0.214 e. The minimum Gasteiger partial charge on any atom is -0.475 e. The number of rotatable bonds is 0. The van der Waals surface area contributed by atoms with Crippen LogP contribution >= 0.6 is 0 Å². The monoisotopic (exact) mass is 227 g/mol. The Kier molecular flexibility index (Phi) is 4.67. The minimum atomic E-state index is 0.522. The number of allylic oxidation sites excluding steroid dienone is 2. The van der Waals surface area contributed by atoms with Crippen LogP contribution in [0, 0.1) is 0 Å². The Balaban J connectivity index is 1.88. The first kappa shape index (κ1) is 11.4. The van der Waals surface area contributed by atoms with Gasteiger partial charge in [0.1, 0.15) is 6.61 Å². The normalized spacial score (nSPS) is 23.5. The Morgan fingerprint density at radius 1 is 0.938 bits per heavy atom. The van der Waals surface area contributed by atoms with Crippen LogP contribution in [0.3, 0.4) is 0 Å². The Labute approximate surface area is 95.2 Å². The first-order valence-electron chi connectivity index (χ1n) is 5.52. The van der Waals surface area contributed by atoms with Gasteiger partial charge in [-0.1, -0.05) is 12.2 Å². The number of hydrogen-bond acceptors (Lipinski definition) is 5. The van der Waals surface area contributed by atoms with Crippen LogP contribution in [0.2, 0.25) is 0 Å². The second kappa shape index (κ2) is 6.52. The highest BCUT2D eigenvalue weighted by Gasteiger charge is 2.13. The summed E-state index contributed by atoms with van der Waals surface area (Å²) in [7, 11) is 0. The number of ether oxygens (including phenoxy) is 3. The van der Waals surface area contributed by atoms with Gasteiger partial charge in [0.15, 0.2) is 0 Å². The second-order valence-electron chi connectivity index (χ2n) is 3.40. The summed E-state index contributed by atoms with van der Waals surface area (Å²) < 4.78 is 16.2. The lowest BCUT2D eigenvalue weighted by Gasteiger charge is -2.27. The van der Waals surface area contributed by atoms with Crippen molar-refractivity contribution in [3.05, 3.63) is 24.1 Å². The first-order chi connectivity index (χ1) is 7.97. The van der Waals surface area contributed by atoms with E-state index in [0.717, 1.165) is 5.88 Å². The predicted molar refractivity (Wildman–Crippen MR) is 57.5 cm³/mol. The molecule has 1 saturated heterocycles. The standard InChI is InChI=1S/C11H17NO4/c1-2-4-12-11(3-1)15-9-7-13-5-6-14-8-10-16-12/h1-3H,4-10H2. The van der Waals surface area contributed by atoms with Gasteiger partial charge in [0, 0.05) is 6.08 Å². The van der Waals surface area contributed by atoms with E-state index in [0.29, 0.717) is 46.2 Å². The molecule has 0 aromatic rings. The average Bonchev–Trinajstić information content (AvgIpc) is 2.30. The van der Waals surface area contributed by atoms with Crippen LogP contribution in [-0.4, -0.2) is 51.2 Å². The Morgan fingerprint density at radius 3 is 2.56 bits per heavy atom. The topological polar surface area (TPSA) is 40.2 Å². The van der Waals surface area contributed by atoms with Crippen molar-refractivity contribution in [1.29, 1.82) is 0 Å². The molecule has 0 saturated carbocycles. The molecule has 0 N–H and O–H groups in total. The molecule has 16 heavy (non-hydrogen) atoms. The zero-order valence-corrected chi connectivity index (χ0v) is 9.26. The van der Waals surface area contributed by atoms with Gasteiger partial charge in [-0.05, 0) is 0 Å². The van der Waals surface area contributed by atoms with E-state index in [4.69, 9.17) is 19.0 Å². The summed E-state index contributed by atoms with van der Waals surface area (Å²) in [6.45, 7) is 4.09. The number of nitrogens with zero attached hydrogens (tertiary/aromatic N) is 1. The van der Waals surface area contributed by atoms with Crippen LogP contribution in [0.4, 0.5) is 0 Å². The Hall–Kier alpha value is -1.04. The third-order valence-corrected chi connectivity index (χ3v) is 2.22. The summed E-state index contributed by atoms with van der Waals surface area (Å²) in [4.78, 5) is 5.54. The molecule has 0 radical (unpaired) electrons. The molecule has 0 aliphatic carbocycles. The molecular weight excluding hydrogens is 210 g/mol. The molecule has 2 aliphatic heterocycles. The highest BCUT2D eigenvalue weighted by molar-refractivity contribution is 5.11. The zero-order valence-electron chi connectivity index (χ0n) is 9.26. The van der Waals surface area contributed by atoms with Gasteiger partial charge < -0.3 is 14.2 Å². The maximum atomic E-state index is 5.56. The van der Waals surface area contributed by atoms with Crippen LogP contribution in [0.1, 0.15) is 0 Å². The fourth-order valence-corrected chi connectivity index (χ4v) is 1.45. The van der Waals surface area contributed by atoms with E-state index in [1.807, 2.05) is 18.2 Å². The molecule has 0 aromatic heterocycles. The van der Waals surface area contributed by atoms with E-state index >= 15 is 0 Å². The van der Waals surface area contributed by atoms with E-state index in [1.165, 1.54) is 0 Å². The van der Waals surface area contributed by atoms with Crippen molar-refractivity contribution in [2.75, 3.05) is 46.2 Å². The quantitative estimate of drug-likeness (QED) is 0.609. The van der Waals surface area contributed by atoms with E-state index in [1.54, 1.807) is 5.06 Å². The fraction of sp³-hybridized carbons (Fsp3) is 0.636. The molecule has 0 atom stereocenters. The average molecular weight is 227 g/mol. The maximum absolute atomic E-state index is 5.56. The van der Waals surface area contributed by atoms with Gasteiger partial charge in [-0.25, -0.2) is 5.06 Å². The lowest BCUT2D eigenvalue weighted by Crippen LogP contribution is -2.29. The van der Waals surface area contributed by atoms with Crippen LogP contribution in [-0.2, 0) is 19.0 Å². The van der Waals surface area contributed by atoms with E-state index < -0.39 is 0 Å². The van der Waals surface area contributed by atoms with Crippen LogP contribution < -0.4 is 0 Å². The first-order valence-corrected chi connectivity index (χ1v) is 5.52. The molecule has 0 spiro atoms. The van der Waals surface area contributed by atoms with Crippen molar-refractivity contribution in [1.82, 2.24) is 5.06 Å². The van der Waals surface area contributed by atoms with Gasteiger partial charge in [-0.2, -0.15) is 0 Å². The van der Waals surface area contributed by atoms with Crippen molar-refractivity contribution in [2.45, 2.75) is 0 Å². The van der Waals surface area contributed by atoms with Gasteiger partial charge in [-0.15, -0.1) is 0 Å². The summed E-state index contributed by atoms with van der Waals surface area (Å²) in [6.07, 6.45) is 5.85. The Morgan fingerprint density at radius 2 is 1.69 bits per heavy atom. The molecule has 5 nitrogen and oxygen atoms in total. The molecule has 2 heterocycles. The van der Waals surface area contributed by atoms with Crippen LogP contribution in [0.15, 0.2) is 24.1 Å². The molecule has 0 aromatic carbocycles. The fourth-order valence-electron chi connectivity index (χ4n) is 1.45. The van der Waals surface area contributed by atoms with Gasteiger partial charge in [0.05, 0.1) is 39.6 Å². The second-order valence-corrected chi connectivity index (χ2v) is 3.40. The largest absolute Gasteiger partial charge is 0.475 e. The summed E-state index contributed by atoms with van der Waals surface area (Å²) in [5.74, 6) is 0.728. The molecule has 2 rings (SSSR count). The van der Waals surface area contributed by atoms with Crippen molar-refractivity contribution in [3.63, 3.8) is 0 Å². The molecular formula is C11H17NO4. The molecule has 0 unspecified atom stereocenters. The molecule has 1 fully saturated rings. The van der Waals surface area contributed by atoms with Gasteiger partial charge >= 0.3 is 0 Å². The zero-order chi connectivity index (χ0) is 11.1. The number of hydroxylamine groups is 2. The highest BCUT2D eigenvalue weighted by Crippen LogP contribution is 2.12. The van der Waals surface area contributed by atoms with Crippen molar-refractivity contribution in [3.8, 4) is 0 Å². The lowest BCUT2D eigenvalue weighted by atomic mass is 10.4. The molecule has 0 amide bonds. The molecule has 0 bridgehead atoms. The van der Waals surface area contributed by atoms with E-state index in [9.17, 15) is 0 Å². The van der Waals surface area contributed by atoms with Crippen molar-refractivity contribution >= 4 is 0 Å². The van der Waals surface area contributed by atoms with Gasteiger partial charge in [-0.3, -0.25) is 4.84 Å². The third-order valence-electron chi connectivity index (χ3n) is 2.22. The van der Waals surface area contributed by atoms with Crippen molar-refractivity contribution < 1.29 is 19.0 Å². The Bertz CT molecular complexity index is 265.